The van der Waals surface area contributed by atoms with E-state index in [1.165, 1.54) is 6.07 Å². The van der Waals surface area contributed by atoms with E-state index in [4.69, 9.17) is 10.6 Å². The smallest absolute Gasteiger partial charge is 0.194 e. The summed E-state index contributed by atoms with van der Waals surface area (Å²) in [5, 5.41) is 0. The van der Waals surface area contributed by atoms with Crippen LogP contribution >= 0.6 is 0 Å². The summed E-state index contributed by atoms with van der Waals surface area (Å²) in [4.78, 5) is 0. The molecule has 118 valence electrons. The summed E-state index contributed by atoms with van der Waals surface area (Å²) in [7, 11) is 1.55. The van der Waals surface area contributed by atoms with Gasteiger partial charge in [-0.3, -0.25) is 5.84 Å². The third kappa shape index (κ3) is 3.07. The van der Waals surface area contributed by atoms with Gasteiger partial charge in [-0.15, -0.1) is 0 Å². The van der Waals surface area contributed by atoms with Crippen molar-refractivity contribution in [1.29, 1.82) is 0 Å². The highest BCUT2D eigenvalue weighted by Crippen LogP contribution is 2.41. The Hall–Kier alpha value is -1.11. The highest BCUT2D eigenvalue weighted by atomic mass is 19.2. The van der Waals surface area contributed by atoms with Crippen molar-refractivity contribution in [3.8, 4) is 0 Å². The maximum atomic E-state index is 14.1. The van der Waals surface area contributed by atoms with Gasteiger partial charge in [0, 0.05) is 12.7 Å². The van der Waals surface area contributed by atoms with E-state index in [-0.39, 0.29) is 5.56 Å². The fourth-order valence-corrected chi connectivity index (χ4v) is 3.23. The predicted octanol–water partition coefficient (Wildman–Crippen LogP) is 3.35. The van der Waals surface area contributed by atoms with Crippen LogP contribution in [-0.4, -0.2) is 12.7 Å². The Morgan fingerprint density at radius 2 is 1.71 bits per heavy atom. The lowest BCUT2D eigenvalue weighted by atomic mass is 9.82. The molecule has 0 radical (unpaired) electrons. The van der Waals surface area contributed by atoms with Crippen molar-refractivity contribution in [1.82, 2.24) is 5.43 Å². The fraction of sp³-hybridized carbons (Fsp3) is 0.600. The number of hydrazine groups is 1. The number of rotatable bonds is 4. The minimum atomic E-state index is -1.48. The molecule has 1 fully saturated rings. The quantitative estimate of drug-likeness (QED) is 0.388. The van der Waals surface area contributed by atoms with Crippen LogP contribution in [-0.2, 0) is 4.74 Å². The molecule has 1 aromatic carbocycles. The van der Waals surface area contributed by atoms with E-state index in [0.29, 0.717) is 12.8 Å². The number of methoxy groups -OCH3 is 1. The van der Waals surface area contributed by atoms with Crippen molar-refractivity contribution in [2.75, 3.05) is 7.11 Å². The molecule has 0 spiro atoms. The van der Waals surface area contributed by atoms with Crippen LogP contribution in [0, 0.1) is 17.5 Å². The second kappa shape index (κ2) is 6.77. The Morgan fingerprint density at radius 1 is 1.10 bits per heavy atom. The molecule has 2 rings (SSSR count). The van der Waals surface area contributed by atoms with Crippen molar-refractivity contribution in [3.05, 3.63) is 35.1 Å². The molecular formula is C15H21F3N2O. The molecule has 0 amide bonds. The van der Waals surface area contributed by atoms with E-state index >= 15 is 0 Å². The summed E-state index contributed by atoms with van der Waals surface area (Å²) in [6.45, 7) is 0. The Bertz CT molecular complexity index is 488. The van der Waals surface area contributed by atoms with Gasteiger partial charge in [0.2, 0.25) is 0 Å². The molecule has 0 aromatic heterocycles. The molecule has 6 heteroatoms. The monoisotopic (exact) mass is 302 g/mol. The zero-order chi connectivity index (χ0) is 15.5. The van der Waals surface area contributed by atoms with Gasteiger partial charge in [0.15, 0.2) is 17.5 Å². The molecule has 1 aliphatic carbocycles. The van der Waals surface area contributed by atoms with E-state index in [2.05, 4.69) is 5.43 Å². The van der Waals surface area contributed by atoms with Gasteiger partial charge >= 0.3 is 0 Å². The summed E-state index contributed by atoms with van der Waals surface area (Å²) in [5.74, 6) is 1.69. The number of ether oxygens (including phenoxy) is 1. The van der Waals surface area contributed by atoms with Gasteiger partial charge in [0.05, 0.1) is 11.6 Å². The molecule has 1 aromatic rings. The molecular weight excluding hydrogens is 281 g/mol. The van der Waals surface area contributed by atoms with E-state index in [9.17, 15) is 13.2 Å². The van der Waals surface area contributed by atoms with Gasteiger partial charge in [0.1, 0.15) is 0 Å². The van der Waals surface area contributed by atoms with Gasteiger partial charge in [-0.2, -0.15) is 0 Å². The first-order valence-corrected chi connectivity index (χ1v) is 7.20. The molecule has 0 heterocycles. The van der Waals surface area contributed by atoms with Crippen molar-refractivity contribution < 1.29 is 17.9 Å². The largest absolute Gasteiger partial charge is 0.376 e. The van der Waals surface area contributed by atoms with Crippen LogP contribution in [0.5, 0.6) is 0 Å². The minimum absolute atomic E-state index is 0.000139. The van der Waals surface area contributed by atoms with Gasteiger partial charge in [-0.25, -0.2) is 18.6 Å². The van der Waals surface area contributed by atoms with Gasteiger partial charge in [-0.1, -0.05) is 31.7 Å². The fourth-order valence-electron chi connectivity index (χ4n) is 3.23. The summed E-state index contributed by atoms with van der Waals surface area (Å²) in [6.07, 6.45) is 5.38. The number of nitrogens with two attached hydrogens (primary N) is 1. The number of hydrogen-bond donors (Lipinski definition) is 2. The molecule has 1 saturated carbocycles. The Morgan fingerprint density at radius 3 is 2.24 bits per heavy atom. The second-order valence-electron chi connectivity index (χ2n) is 5.55. The highest BCUT2D eigenvalue weighted by Gasteiger charge is 2.41. The first-order chi connectivity index (χ1) is 10.1. The van der Waals surface area contributed by atoms with Crippen LogP contribution in [0.25, 0.3) is 0 Å². The topological polar surface area (TPSA) is 47.3 Å². The van der Waals surface area contributed by atoms with E-state index in [1.54, 1.807) is 7.11 Å². The molecule has 21 heavy (non-hydrogen) atoms. The summed E-state index contributed by atoms with van der Waals surface area (Å²) < 4.78 is 46.4. The lowest BCUT2D eigenvalue weighted by molar-refractivity contribution is -0.0550. The molecule has 1 aliphatic rings. The molecule has 3 nitrogen and oxygen atoms in total. The van der Waals surface area contributed by atoms with Crippen molar-refractivity contribution in [3.63, 3.8) is 0 Å². The maximum absolute atomic E-state index is 14.1. The molecule has 3 N–H and O–H groups in total. The summed E-state index contributed by atoms with van der Waals surface area (Å²) in [5.41, 5.74) is 1.83. The van der Waals surface area contributed by atoms with Crippen molar-refractivity contribution >= 4 is 0 Å². The Balaban J connectivity index is 2.44. The Kier molecular flexibility index (Phi) is 5.24. The lowest BCUT2D eigenvalue weighted by Gasteiger charge is -2.39. The number of hydrogen-bond acceptors (Lipinski definition) is 3. The Labute approximate surface area is 122 Å². The van der Waals surface area contributed by atoms with E-state index in [1.807, 2.05) is 0 Å². The van der Waals surface area contributed by atoms with Crippen LogP contribution in [0.15, 0.2) is 12.1 Å². The highest BCUT2D eigenvalue weighted by molar-refractivity contribution is 5.26. The first kappa shape index (κ1) is 16.3. The maximum Gasteiger partial charge on any atom is 0.194 e. The zero-order valence-corrected chi connectivity index (χ0v) is 12.1. The van der Waals surface area contributed by atoms with Crippen LogP contribution in [0.3, 0.4) is 0 Å². The van der Waals surface area contributed by atoms with Gasteiger partial charge in [-0.05, 0) is 18.9 Å². The number of halogens is 3. The summed E-state index contributed by atoms with van der Waals surface area (Å²) >= 11 is 0. The third-order valence-electron chi connectivity index (χ3n) is 4.43. The van der Waals surface area contributed by atoms with Gasteiger partial charge in [0.25, 0.3) is 0 Å². The van der Waals surface area contributed by atoms with Crippen molar-refractivity contribution in [2.45, 2.75) is 50.2 Å². The number of nitrogens with one attached hydrogen (secondary N) is 1. The zero-order valence-electron chi connectivity index (χ0n) is 12.1. The third-order valence-corrected chi connectivity index (χ3v) is 4.43. The average molecular weight is 302 g/mol. The molecule has 0 aliphatic heterocycles. The van der Waals surface area contributed by atoms with Gasteiger partial charge < -0.3 is 4.74 Å². The summed E-state index contributed by atoms with van der Waals surface area (Å²) in [6, 6.07) is 1.41. The normalized spacial score (nSPS) is 20.0. The van der Waals surface area contributed by atoms with E-state index < -0.39 is 29.1 Å². The molecule has 0 saturated heterocycles. The van der Waals surface area contributed by atoms with E-state index in [0.717, 1.165) is 31.7 Å². The molecule has 1 atom stereocenters. The first-order valence-electron chi connectivity index (χ1n) is 7.20. The van der Waals surface area contributed by atoms with Crippen LogP contribution in [0.2, 0.25) is 0 Å². The van der Waals surface area contributed by atoms with Crippen LogP contribution in [0.1, 0.15) is 50.1 Å². The second-order valence-corrected chi connectivity index (χ2v) is 5.55. The lowest BCUT2D eigenvalue weighted by Crippen LogP contribution is -2.48. The van der Waals surface area contributed by atoms with Crippen molar-refractivity contribution in [2.24, 2.45) is 5.84 Å². The minimum Gasteiger partial charge on any atom is -0.376 e. The SMILES string of the molecule is COC1(C(NN)c2ccc(F)c(F)c2F)CCCCCC1. The van der Waals surface area contributed by atoms with Crippen LogP contribution < -0.4 is 11.3 Å². The number of benzene rings is 1. The standard InChI is InChI=1S/C15H21F3N2O/c1-21-15(8-4-2-3-5-9-15)14(20-19)10-6-7-11(16)13(18)12(10)17/h6-7,14,20H,2-5,8-9,19H2,1H3. The van der Waals surface area contributed by atoms with Crippen LogP contribution in [0.4, 0.5) is 13.2 Å². The molecule has 0 bridgehead atoms. The average Bonchev–Trinajstić information content (AvgIpc) is 2.74. The molecule has 1 unspecified atom stereocenters. The predicted molar refractivity (Wildman–Crippen MR) is 73.8 cm³/mol.